The van der Waals surface area contributed by atoms with Gasteiger partial charge in [0, 0.05) is 23.1 Å². The van der Waals surface area contributed by atoms with Gasteiger partial charge in [0.05, 0.1) is 19.6 Å². The molecule has 1 aliphatic rings. The molecule has 104 valence electrons. The topological polar surface area (TPSA) is 49.8 Å². The van der Waals surface area contributed by atoms with Crippen molar-refractivity contribution in [2.75, 3.05) is 19.8 Å². The number of benzene rings is 1. The van der Waals surface area contributed by atoms with Crippen LogP contribution >= 0.6 is 15.9 Å². The predicted molar refractivity (Wildman–Crippen MR) is 76.1 cm³/mol. The second-order valence-corrected chi connectivity index (χ2v) is 5.71. The van der Waals surface area contributed by atoms with Gasteiger partial charge in [-0.05, 0) is 24.6 Å². The molecule has 2 rings (SSSR count). The fraction of sp³-hybridized carbons (Fsp3) is 0.500. The van der Waals surface area contributed by atoms with Crippen LogP contribution in [0.4, 0.5) is 0 Å². The van der Waals surface area contributed by atoms with Crippen LogP contribution in [0.3, 0.4) is 0 Å². The highest BCUT2D eigenvalue weighted by Crippen LogP contribution is 2.26. The van der Waals surface area contributed by atoms with Crippen molar-refractivity contribution < 1.29 is 14.6 Å². The van der Waals surface area contributed by atoms with Crippen molar-refractivity contribution in [3.63, 3.8) is 0 Å². The van der Waals surface area contributed by atoms with Gasteiger partial charge in [-0.2, -0.15) is 0 Å². The highest BCUT2D eigenvalue weighted by Gasteiger charge is 2.29. The van der Waals surface area contributed by atoms with Gasteiger partial charge in [-0.1, -0.05) is 28.1 Å². The average Bonchev–Trinajstić information content (AvgIpc) is 2.39. The second-order valence-electron chi connectivity index (χ2n) is 4.79. The number of ether oxygens (including phenoxy) is 1. The molecule has 0 amide bonds. The SMILES string of the molecule is CC(c1ccc(Br)cc1)N1CCOCC1CC(=O)O. The summed E-state index contributed by atoms with van der Waals surface area (Å²) in [5.74, 6) is -0.775. The molecule has 0 saturated carbocycles. The standard InChI is InChI=1S/C14H18BrNO3/c1-10(11-2-4-12(15)5-3-11)16-6-7-19-9-13(16)8-14(17)18/h2-5,10,13H,6-9H2,1H3,(H,17,18). The number of carbonyl (C=O) groups is 1. The Morgan fingerprint density at radius 1 is 1.53 bits per heavy atom. The Hall–Kier alpha value is -0.910. The smallest absolute Gasteiger partial charge is 0.305 e. The Morgan fingerprint density at radius 3 is 2.84 bits per heavy atom. The van der Waals surface area contributed by atoms with Gasteiger partial charge in [-0.25, -0.2) is 0 Å². The van der Waals surface area contributed by atoms with E-state index in [-0.39, 0.29) is 18.5 Å². The number of rotatable bonds is 4. The molecule has 2 unspecified atom stereocenters. The summed E-state index contributed by atoms with van der Waals surface area (Å²) in [5.41, 5.74) is 1.19. The van der Waals surface area contributed by atoms with Crippen molar-refractivity contribution in [3.05, 3.63) is 34.3 Å². The highest BCUT2D eigenvalue weighted by atomic mass is 79.9. The molecular weight excluding hydrogens is 310 g/mol. The number of carboxylic acids is 1. The molecule has 4 nitrogen and oxygen atoms in total. The van der Waals surface area contributed by atoms with Gasteiger partial charge >= 0.3 is 5.97 Å². The van der Waals surface area contributed by atoms with Gasteiger partial charge in [-0.3, -0.25) is 9.69 Å². The van der Waals surface area contributed by atoms with Gasteiger partial charge in [0.2, 0.25) is 0 Å². The first kappa shape index (κ1) is 14.5. The third kappa shape index (κ3) is 3.78. The van der Waals surface area contributed by atoms with E-state index in [1.807, 2.05) is 12.1 Å². The summed E-state index contributed by atoms with van der Waals surface area (Å²) in [6.45, 7) is 4.04. The summed E-state index contributed by atoms with van der Waals surface area (Å²) in [6.07, 6.45) is 0.126. The lowest BCUT2D eigenvalue weighted by molar-refractivity contribution is -0.140. The van der Waals surface area contributed by atoms with Gasteiger partial charge in [0.1, 0.15) is 0 Å². The Bertz CT molecular complexity index is 435. The molecule has 2 atom stereocenters. The van der Waals surface area contributed by atoms with Crippen molar-refractivity contribution in [1.29, 1.82) is 0 Å². The second kappa shape index (κ2) is 6.50. The molecule has 0 aliphatic carbocycles. The van der Waals surface area contributed by atoms with Gasteiger partial charge in [-0.15, -0.1) is 0 Å². The van der Waals surface area contributed by atoms with Gasteiger partial charge in [0.25, 0.3) is 0 Å². The van der Waals surface area contributed by atoms with Gasteiger partial charge in [0.15, 0.2) is 0 Å². The summed E-state index contributed by atoms with van der Waals surface area (Å²) in [5, 5.41) is 8.98. The fourth-order valence-electron chi connectivity index (χ4n) is 2.49. The van der Waals surface area contributed by atoms with Crippen LogP contribution < -0.4 is 0 Å². The predicted octanol–water partition coefficient (Wildman–Crippen LogP) is 2.69. The van der Waals surface area contributed by atoms with Crippen LogP contribution in [-0.2, 0) is 9.53 Å². The molecule has 0 aromatic heterocycles. The minimum absolute atomic E-state index is 0.0510. The minimum atomic E-state index is -0.775. The molecule has 1 N–H and O–H groups in total. The van der Waals surface area contributed by atoms with E-state index in [1.165, 1.54) is 5.56 Å². The number of morpholine rings is 1. The van der Waals surface area contributed by atoms with Crippen molar-refractivity contribution in [2.45, 2.75) is 25.4 Å². The number of carboxylic acid groups (broad SMARTS) is 1. The molecule has 1 heterocycles. The monoisotopic (exact) mass is 327 g/mol. The van der Waals surface area contributed by atoms with Crippen molar-refractivity contribution in [3.8, 4) is 0 Å². The molecular formula is C14H18BrNO3. The number of halogens is 1. The molecule has 0 spiro atoms. The summed E-state index contributed by atoms with van der Waals surface area (Å²) in [7, 11) is 0. The van der Waals surface area contributed by atoms with E-state index in [2.05, 4.69) is 39.9 Å². The van der Waals surface area contributed by atoms with Crippen molar-refractivity contribution >= 4 is 21.9 Å². The molecule has 1 saturated heterocycles. The normalized spacial score (nSPS) is 22.1. The summed E-state index contributed by atoms with van der Waals surface area (Å²) in [4.78, 5) is 13.2. The maximum atomic E-state index is 10.9. The van der Waals surface area contributed by atoms with E-state index in [4.69, 9.17) is 9.84 Å². The van der Waals surface area contributed by atoms with Crippen LogP contribution in [-0.4, -0.2) is 41.8 Å². The zero-order chi connectivity index (χ0) is 13.8. The van der Waals surface area contributed by atoms with E-state index in [0.717, 1.165) is 11.0 Å². The zero-order valence-corrected chi connectivity index (χ0v) is 12.5. The van der Waals surface area contributed by atoms with E-state index in [9.17, 15) is 4.79 Å². The average molecular weight is 328 g/mol. The van der Waals surface area contributed by atoms with Crippen LogP contribution in [0.1, 0.15) is 24.9 Å². The molecule has 1 aromatic carbocycles. The molecule has 0 radical (unpaired) electrons. The third-order valence-electron chi connectivity index (χ3n) is 3.53. The number of aliphatic carboxylic acids is 1. The van der Waals surface area contributed by atoms with E-state index < -0.39 is 5.97 Å². The number of hydrogen-bond acceptors (Lipinski definition) is 3. The number of nitrogens with zero attached hydrogens (tertiary/aromatic N) is 1. The fourth-order valence-corrected chi connectivity index (χ4v) is 2.75. The Balaban J connectivity index is 2.12. The molecule has 1 fully saturated rings. The van der Waals surface area contributed by atoms with Crippen LogP contribution in [0.2, 0.25) is 0 Å². The zero-order valence-electron chi connectivity index (χ0n) is 10.9. The Kier molecular flexibility index (Phi) is 4.96. The maximum absolute atomic E-state index is 10.9. The number of hydrogen-bond donors (Lipinski definition) is 1. The third-order valence-corrected chi connectivity index (χ3v) is 4.06. The summed E-state index contributed by atoms with van der Waals surface area (Å²) < 4.78 is 6.45. The molecule has 19 heavy (non-hydrogen) atoms. The van der Waals surface area contributed by atoms with E-state index in [1.54, 1.807) is 0 Å². The summed E-state index contributed by atoms with van der Waals surface area (Å²) >= 11 is 3.42. The van der Waals surface area contributed by atoms with Crippen LogP contribution in [0.25, 0.3) is 0 Å². The highest BCUT2D eigenvalue weighted by molar-refractivity contribution is 9.10. The Labute approximate surface area is 121 Å². The largest absolute Gasteiger partial charge is 0.481 e. The van der Waals surface area contributed by atoms with Crippen molar-refractivity contribution in [2.24, 2.45) is 0 Å². The first-order chi connectivity index (χ1) is 9.08. The van der Waals surface area contributed by atoms with E-state index in [0.29, 0.717) is 13.2 Å². The first-order valence-electron chi connectivity index (χ1n) is 6.38. The molecule has 1 aliphatic heterocycles. The van der Waals surface area contributed by atoms with E-state index >= 15 is 0 Å². The lowest BCUT2D eigenvalue weighted by atomic mass is 10.0. The van der Waals surface area contributed by atoms with Crippen LogP contribution in [0, 0.1) is 0 Å². The van der Waals surface area contributed by atoms with Crippen LogP contribution in [0.5, 0.6) is 0 Å². The van der Waals surface area contributed by atoms with Crippen molar-refractivity contribution in [1.82, 2.24) is 4.90 Å². The maximum Gasteiger partial charge on any atom is 0.305 e. The first-order valence-corrected chi connectivity index (χ1v) is 7.18. The summed E-state index contributed by atoms with van der Waals surface area (Å²) in [6, 6.07) is 8.31. The lowest BCUT2D eigenvalue weighted by Crippen LogP contribution is -2.47. The minimum Gasteiger partial charge on any atom is -0.481 e. The lowest BCUT2D eigenvalue weighted by Gasteiger charge is -2.39. The quantitative estimate of drug-likeness (QED) is 0.923. The van der Waals surface area contributed by atoms with Crippen LogP contribution in [0.15, 0.2) is 28.7 Å². The molecule has 1 aromatic rings. The van der Waals surface area contributed by atoms with Gasteiger partial charge < -0.3 is 9.84 Å². The molecule has 5 heteroatoms. The molecule has 0 bridgehead atoms. The Morgan fingerprint density at radius 2 is 2.21 bits per heavy atom.